The molecule has 3 heterocycles. The predicted octanol–water partition coefficient (Wildman–Crippen LogP) is 2.00. The van der Waals surface area contributed by atoms with E-state index in [0.29, 0.717) is 34.7 Å². The van der Waals surface area contributed by atoms with E-state index in [-0.39, 0.29) is 11.8 Å². The van der Waals surface area contributed by atoms with Gasteiger partial charge in [0, 0.05) is 37.3 Å². The van der Waals surface area contributed by atoms with E-state index in [9.17, 15) is 9.59 Å². The van der Waals surface area contributed by atoms with Crippen LogP contribution >= 0.6 is 0 Å². The van der Waals surface area contributed by atoms with Crippen molar-refractivity contribution in [2.45, 2.75) is 13.3 Å². The first kappa shape index (κ1) is 19.4. The van der Waals surface area contributed by atoms with Crippen LogP contribution in [0.4, 0.5) is 5.82 Å². The first-order valence-electron chi connectivity index (χ1n) is 9.44. The number of hydrogen-bond donors (Lipinski definition) is 2. The molecular formula is C21H21N7O2. The number of rotatable bonds is 4. The normalized spacial score (nSPS) is 18.2. The lowest BCUT2D eigenvalue weighted by Gasteiger charge is -2.25. The molecule has 2 N–H and O–H groups in total. The quantitative estimate of drug-likeness (QED) is 0.689. The Hall–Kier alpha value is -3.88. The van der Waals surface area contributed by atoms with Crippen molar-refractivity contribution in [3.8, 4) is 11.4 Å². The molecule has 0 spiro atoms. The van der Waals surface area contributed by atoms with Gasteiger partial charge in [-0.2, -0.15) is 0 Å². The Morgan fingerprint density at radius 3 is 2.73 bits per heavy atom. The van der Waals surface area contributed by atoms with Crippen molar-refractivity contribution in [2.24, 2.45) is 12.5 Å². The number of pyridine rings is 2. The summed E-state index contributed by atoms with van der Waals surface area (Å²) in [5.41, 5.74) is 1.87. The van der Waals surface area contributed by atoms with Crippen LogP contribution in [0.2, 0.25) is 0 Å². The summed E-state index contributed by atoms with van der Waals surface area (Å²) < 4.78 is 1.61. The van der Waals surface area contributed by atoms with Crippen LogP contribution in [0.3, 0.4) is 0 Å². The molecule has 0 aliphatic heterocycles. The van der Waals surface area contributed by atoms with Crippen LogP contribution in [0.15, 0.2) is 54.4 Å². The topological polar surface area (TPSA) is 115 Å². The lowest BCUT2D eigenvalue weighted by atomic mass is 9.81. The van der Waals surface area contributed by atoms with Crippen LogP contribution in [0.1, 0.15) is 13.3 Å². The molecule has 0 bridgehead atoms. The van der Waals surface area contributed by atoms with E-state index in [0.717, 1.165) is 5.39 Å². The smallest absolute Gasteiger partial charge is 0.256 e. The Labute approximate surface area is 172 Å². The molecule has 0 saturated carbocycles. The molecule has 3 aromatic rings. The zero-order valence-electron chi connectivity index (χ0n) is 16.9. The van der Waals surface area contributed by atoms with E-state index >= 15 is 0 Å². The minimum Gasteiger partial charge on any atom is -0.358 e. The average molecular weight is 403 g/mol. The molecule has 9 nitrogen and oxygen atoms in total. The molecule has 0 saturated heterocycles. The maximum absolute atomic E-state index is 12.6. The van der Waals surface area contributed by atoms with Gasteiger partial charge in [-0.25, -0.2) is 9.97 Å². The molecule has 4 rings (SSSR count). The highest BCUT2D eigenvalue weighted by Crippen LogP contribution is 2.30. The molecule has 1 unspecified atom stereocenters. The Morgan fingerprint density at radius 2 is 2.07 bits per heavy atom. The molecule has 1 atom stereocenters. The summed E-state index contributed by atoms with van der Waals surface area (Å²) in [6.45, 7) is 1.83. The van der Waals surface area contributed by atoms with Gasteiger partial charge in [0.05, 0.1) is 22.8 Å². The number of nitrogens with zero attached hydrogens (tertiary/aromatic N) is 5. The van der Waals surface area contributed by atoms with Crippen molar-refractivity contribution in [1.82, 2.24) is 30.3 Å². The molecular weight excluding hydrogens is 382 g/mol. The SMILES string of the molecule is CNC(=O)C1(C)C=CC(C(=O)Nc2cc3nc(-c4cn(C)nn4)ccc3cn2)=CC1. The average Bonchev–Trinajstić information content (AvgIpc) is 3.19. The van der Waals surface area contributed by atoms with E-state index < -0.39 is 5.41 Å². The second kappa shape index (κ2) is 7.51. The molecule has 0 fully saturated rings. The number of nitrogens with one attached hydrogen (secondary N) is 2. The fourth-order valence-corrected chi connectivity index (χ4v) is 3.23. The van der Waals surface area contributed by atoms with Crippen LogP contribution in [-0.2, 0) is 16.6 Å². The summed E-state index contributed by atoms with van der Waals surface area (Å²) in [7, 11) is 3.39. The van der Waals surface area contributed by atoms with Gasteiger partial charge in [-0.1, -0.05) is 23.4 Å². The molecule has 3 aromatic heterocycles. The minimum absolute atomic E-state index is 0.0874. The van der Waals surface area contributed by atoms with Gasteiger partial charge in [0.15, 0.2) is 0 Å². The second-order valence-corrected chi connectivity index (χ2v) is 7.38. The van der Waals surface area contributed by atoms with E-state index in [2.05, 4.69) is 30.9 Å². The molecule has 0 radical (unpaired) electrons. The number of aryl methyl sites for hydroxylation is 1. The van der Waals surface area contributed by atoms with Gasteiger partial charge in [0.1, 0.15) is 11.5 Å². The zero-order chi connectivity index (χ0) is 21.3. The monoisotopic (exact) mass is 403 g/mol. The lowest BCUT2D eigenvalue weighted by Crippen LogP contribution is -2.36. The fourth-order valence-electron chi connectivity index (χ4n) is 3.23. The first-order valence-corrected chi connectivity index (χ1v) is 9.44. The molecule has 30 heavy (non-hydrogen) atoms. The summed E-state index contributed by atoms with van der Waals surface area (Å²) in [6, 6.07) is 5.47. The van der Waals surface area contributed by atoms with Crippen LogP contribution in [0, 0.1) is 5.41 Å². The molecule has 0 aromatic carbocycles. The largest absolute Gasteiger partial charge is 0.358 e. The minimum atomic E-state index is -0.652. The molecule has 152 valence electrons. The van der Waals surface area contributed by atoms with E-state index in [1.165, 1.54) is 0 Å². The summed E-state index contributed by atoms with van der Waals surface area (Å²) in [6.07, 6.45) is 9.07. The lowest BCUT2D eigenvalue weighted by molar-refractivity contribution is -0.127. The van der Waals surface area contributed by atoms with E-state index in [1.807, 2.05) is 19.1 Å². The van der Waals surface area contributed by atoms with Gasteiger partial charge < -0.3 is 10.6 Å². The van der Waals surface area contributed by atoms with Crippen molar-refractivity contribution >= 4 is 28.5 Å². The number of carbonyl (C=O) groups excluding carboxylic acids is 2. The third-order valence-corrected chi connectivity index (χ3v) is 5.06. The maximum atomic E-state index is 12.6. The number of anilines is 1. The third kappa shape index (κ3) is 3.69. The van der Waals surface area contributed by atoms with Crippen molar-refractivity contribution in [1.29, 1.82) is 0 Å². The van der Waals surface area contributed by atoms with Gasteiger partial charge in [0.25, 0.3) is 5.91 Å². The van der Waals surface area contributed by atoms with E-state index in [4.69, 9.17) is 0 Å². The molecule has 1 aliphatic carbocycles. The van der Waals surface area contributed by atoms with Crippen molar-refractivity contribution in [2.75, 3.05) is 12.4 Å². The summed E-state index contributed by atoms with van der Waals surface area (Å²) in [5.74, 6) is 0.0167. The van der Waals surface area contributed by atoms with Crippen LogP contribution in [0.5, 0.6) is 0 Å². The summed E-state index contributed by atoms with van der Waals surface area (Å²) in [4.78, 5) is 33.5. The number of carbonyl (C=O) groups is 2. The Kier molecular flexibility index (Phi) is 4.86. The number of aromatic nitrogens is 5. The van der Waals surface area contributed by atoms with Crippen molar-refractivity contribution < 1.29 is 9.59 Å². The van der Waals surface area contributed by atoms with Gasteiger partial charge >= 0.3 is 0 Å². The van der Waals surface area contributed by atoms with Crippen molar-refractivity contribution in [3.63, 3.8) is 0 Å². The highest BCUT2D eigenvalue weighted by Gasteiger charge is 2.31. The number of amides is 2. The zero-order valence-corrected chi connectivity index (χ0v) is 16.9. The Balaban J connectivity index is 1.53. The van der Waals surface area contributed by atoms with Gasteiger partial charge in [0.2, 0.25) is 5.91 Å². The molecule has 2 amide bonds. The fraction of sp³-hybridized carbons (Fsp3) is 0.238. The Morgan fingerprint density at radius 1 is 1.23 bits per heavy atom. The maximum Gasteiger partial charge on any atom is 0.256 e. The number of fused-ring (bicyclic) bond motifs is 1. The van der Waals surface area contributed by atoms with Gasteiger partial charge in [-0.3, -0.25) is 14.3 Å². The van der Waals surface area contributed by atoms with Gasteiger partial charge in [-0.05, 0) is 25.5 Å². The standard InChI is InChI=1S/C21H21N7O2/c1-21(20(30)22-2)8-6-13(7-9-21)19(29)25-18-10-16-14(11-23-18)4-5-15(24-16)17-12-28(3)27-26-17/h4-8,10-12H,9H2,1-3H3,(H,22,30)(H,23,25,29). The van der Waals surface area contributed by atoms with Crippen molar-refractivity contribution in [3.05, 3.63) is 54.4 Å². The van der Waals surface area contributed by atoms with Crippen LogP contribution < -0.4 is 10.6 Å². The highest BCUT2D eigenvalue weighted by molar-refractivity contribution is 6.06. The predicted molar refractivity (Wildman–Crippen MR) is 112 cm³/mol. The van der Waals surface area contributed by atoms with Crippen LogP contribution in [-0.4, -0.2) is 43.8 Å². The number of hydrogen-bond acceptors (Lipinski definition) is 6. The van der Waals surface area contributed by atoms with E-state index in [1.54, 1.807) is 55.5 Å². The van der Waals surface area contributed by atoms with Gasteiger partial charge in [-0.15, -0.1) is 5.10 Å². The third-order valence-electron chi connectivity index (χ3n) is 5.06. The first-order chi connectivity index (χ1) is 14.4. The molecule has 9 heteroatoms. The Bertz CT molecular complexity index is 1210. The summed E-state index contributed by atoms with van der Waals surface area (Å²) >= 11 is 0. The molecule has 1 aliphatic rings. The van der Waals surface area contributed by atoms with Crippen LogP contribution in [0.25, 0.3) is 22.3 Å². The highest BCUT2D eigenvalue weighted by atomic mass is 16.2. The number of allylic oxidation sites excluding steroid dienone is 1. The summed E-state index contributed by atoms with van der Waals surface area (Å²) in [5, 5.41) is 14.3. The second-order valence-electron chi connectivity index (χ2n) is 7.38.